The molecule has 0 spiro atoms. The molecule has 0 atom stereocenters. The fourth-order valence-electron chi connectivity index (χ4n) is 0.758. The molecule has 0 unspecified atom stereocenters. The van der Waals surface area contributed by atoms with Crippen molar-refractivity contribution in [2.75, 3.05) is 39.4 Å². The van der Waals surface area contributed by atoms with E-state index in [9.17, 15) is 4.79 Å². The maximum absolute atomic E-state index is 11.0. The van der Waals surface area contributed by atoms with Crippen LogP contribution in [0.5, 0.6) is 0 Å². The van der Waals surface area contributed by atoms with Gasteiger partial charge in [0.25, 0.3) is 0 Å². The molecule has 0 aromatic carbocycles. The maximum atomic E-state index is 11.0. The zero-order chi connectivity index (χ0) is 12.6. The van der Waals surface area contributed by atoms with Gasteiger partial charge in [-0.1, -0.05) is 6.58 Å². The lowest BCUT2D eigenvalue weighted by Crippen LogP contribution is -2.25. The predicted octanol–water partition coefficient (Wildman–Crippen LogP) is 1.67. The molecule has 1 N–H and O–H groups in total. The van der Waals surface area contributed by atoms with E-state index in [2.05, 4.69) is 16.6 Å². The van der Waals surface area contributed by atoms with Gasteiger partial charge in [-0.2, -0.15) is 11.8 Å². The topological polar surface area (TPSA) is 47.6 Å². The molecular formula is C11H23NO3S. The third-order valence-corrected chi connectivity index (χ3v) is 2.16. The van der Waals surface area contributed by atoms with Crippen molar-refractivity contribution in [1.82, 2.24) is 5.32 Å². The Kier molecular flexibility index (Phi) is 18.5. The summed E-state index contributed by atoms with van der Waals surface area (Å²) in [4.78, 5) is 11.0. The number of thioether (sulfide) groups is 1. The van der Waals surface area contributed by atoms with Crippen LogP contribution in [0, 0.1) is 0 Å². The van der Waals surface area contributed by atoms with Crippen LogP contribution in [0.25, 0.3) is 0 Å². The maximum Gasteiger partial charge on any atom is 0.220 e. The third kappa shape index (κ3) is 19.0. The van der Waals surface area contributed by atoms with Gasteiger partial charge < -0.3 is 14.8 Å². The summed E-state index contributed by atoms with van der Waals surface area (Å²) < 4.78 is 9.14. The highest BCUT2D eigenvalue weighted by atomic mass is 32.2. The first-order valence-electron chi connectivity index (χ1n) is 5.11. The molecule has 0 aromatic heterocycles. The van der Waals surface area contributed by atoms with Crippen LogP contribution in [0.1, 0.15) is 12.8 Å². The average Bonchev–Trinajstić information content (AvgIpc) is 2.30. The number of carbonyl (C=O) groups excluding carboxylic acids is 1. The van der Waals surface area contributed by atoms with Gasteiger partial charge in [0.05, 0.1) is 13.4 Å². The first kappa shape index (κ1) is 17.7. The first-order chi connectivity index (χ1) is 7.72. The number of hydrogen-bond donors (Lipinski definition) is 1. The van der Waals surface area contributed by atoms with E-state index in [1.807, 2.05) is 6.26 Å². The van der Waals surface area contributed by atoms with Crippen molar-refractivity contribution < 1.29 is 14.3 Å². The van der Waals surface area contributed by atoms with E-state index in [0.717, 1.165) is 18.7 Å². The lowest BCUT2D eigenvalue weighted by Gasteiger charge is -2.02. The number of amides is 1. The minimum atomic E-state index is 0.126. The molecule has 4 nitrogen and oxygen atoms in total. The third-order valence-electron chi connectivity index (χ3n) is 1.55. The van der Waals surface area contributed by atoms with Crippen molar-refractivity contribution in [3.63, 3.8) is 0 Å². The lowest BCUT2D eigenvalue weighted by molar-refractivity contribution is -0.121. The minimum Gasteiger partial charge on any atom is -0.505 e. The number of hydrogen-bond acceptors (Lipinski definition) is 4. The van der Waals surface area contributed by atoms with E-state index >= 15 is 0 Å². The quantitative estimate of drug-likeness (QED) is 0.525. The van der Waals surface area contributed by atoms with Crippen LogP contribution in [0.3, 0.4) is 0 Å². The Hall–Kier alpha value is -0.680. The van der Waals surface area contributed by atoms with Gasteiger partial charge in [0, 0.05) is 32.4 Å². The van der Waals surface area contributed by atoms with E-state index in [0.29, 0.717) is 13.0 Å². The van der Waals surface area contributed by atoms with E-state index in [-0.39, 0.29) is 5.91 Å². The highest BCUT2D eigenvalue weighted by Crippen LogP contribution is 1.91. The highest BCUT2D eigenvalue weighted by Gasteiger charge is 1.98. The summed E-state index contributed by atoms with van der Waals surface area (Å²) in [5.74, 6) is 1.11. The normalized spacial score (nSPS) is 8.69. The van der Waals surface area contributed by atoms with Crippen molar-refractivity contribution in [2.45, 2.75) is 12.8 Å². The van der Waals surface area contributed by atoms with Gasteiger partial charge in [-0.3, -0.25) is 4.79 Å². The molecule has 1 amide bonds. The average molecular weight is 249 g/mol. The monoisotopic (exact) mass is 249 g/mol. The Morgan fingerprint density at radius 1 is 1.50 bits per heavy atom. The Balaban J connectivity index is 0. The number of rotatable bonds is 8. The summed E-state index contributed by atoms with van der Waals surface area (Å²) in [5.41, 5.74) is 0. The standard InChI is InChI=1S/C8H17NO2S.C3H6O/c1-11-6-3-4-8(10)9-5-7-12-2;1-3-4-2/h3-7H2,1-2H3,(H,9,10);3H,1H2,2H3. The molecule has 96 valence electrons. The smallest absolute Gasteiger partial charge is 0.220 e. The second-order valence-electron chi connectivity index (χ2n) is 2.84. The molecule has 16 heavy (non-hydrogen) atoms. The van der Waals surface area contributed by atoms with E-state index in [1.54, 1.807) is 26.0 Å². The molecule has 0 bridgehead atoms. The Labute approximate surface area is 103 Å². The molecule has 0 heterocycles. The SMILES string of the molecule is C=COC.COCCCC(=O)NCCSC. The lowest BCUT2D eigenvalue weighted by atomic mass is 10.3. The van der Waals surface area contributed by atoms with Crippen molar-refractivity contribution in [3.05, 3.63) is 12.8 Å². The summed E-state index contributed by atoms with van der Waals surface area (Å²) in [6.07, 6.45) is 4.78. The van der Waals surface area contributed by atoms with E-state index < -0.39 is 0 Å². The van der Waals surface area contributed by atoms with Crippen LogP contribution in [0.2, 0.25) is 0 Å². The molecule has 0 aromatic rings. The molecule has 0 aliphatic heterocycles. The molecule has 0 radical (unpaired) electrons. The minimum absolute atomic E-state index is 0.126. The Morgan fingerprint density at radius 2 is 2.12 bits per heavy atom. The number of ether oxygens (including phenoxy) is 2. The summed E-state index contributed by atoms with van der Waals surface area (Å²) in [6, 6.07) is 0. The summed E-state index contributed by atoms with van der Waals surface area (Å²) in [7, 11) is 3.21. The fourth-order valence-corrected chi connectivity index (χ4v) is 1.06. The largest absolute Gasteiger partial charge is 0.505 e. The fraction of sp³-hybridized carbons (Fsp3) is 0.727. The molecule has 0 saturated carbocycles. The molecule has 0 aliphatic rings. The highest BCUT2D eigenvalue weighted by molar-refractivity contribution is 7.98. The van der Waals surface area contributed by atoms with Crippen molar-refractivity contribution in [2.24, 2.45) is 0 Å². The predicted molar refractivity (Wildman–Crippen MR) is 69.7 cm³/mol. The Bertz CT molecular complexity index is 153. The van der Waals surface area contributed by atoms with Gasteiger partial charge in [0.2, 0.25) is 5.91 Å². The first-order valence-corrected chi connectivity index (χ1v) is 6.50. The number of carbonyl (C=O) groups is 1. The zero-order valence-electron chi connectivity index (χ0n) is 10.5. The summed E-state index contributed by atoms with van der Waals surface area (Å²) in [6.45, 7) is 4.69. The van der Waals surface area contributed by atoms with E-state index in [1.165, 1.54) is 6.26 Å². The van der Waals surface area contributed by atoms with Crippen molar-refractivity contribution in [1.29, 1.82) is 0 Å². The van der Waals surface area contributed by atoms with Gasteiger partial charge >= 0.3 is 0 Å². The second-order valence-corrected chi connectivity index (χ2v) is 3.83. The van der Waals surface area contributed by atoms with Crippen LogP contribution in [-0.2, 0) is 14.3 Å². The van der Waals surface area contributed by atoms with Crippen molar-refractivity contribution >= 4 is 17.7 Å². The van der Waals surface area contributed by atoms with Gasteiger partial charge in [0.15, 0.2) is 0 Å². The van der Waals surface area contributed by atoms with Crippen LogP contribution < -0.4 is 5.32 Å². The molecule has 5 heteroatoms. The summed E-state index contributed by atoms with van der Waals surface area (Å²) in [5, 5.41) is 2.83. The van der Waals surface area contributed by atoms with E-state index in [4.69, 9.17) is 4.74 Å². The van der Waals surface area contributed by atoms with Crippen molar-refractivity contribution in [3.8, 4) is 0 Å². The molecule has 0 aliphatic carbocycles. The Morgan fingerprint density at radius 3 is 2.56 bits per heavy atom. The number of methoxy groups -OCH3 is 2. The molecule has 0 rings (SSSR count). The van der Waals surface area contributed by atoms with Gasteiger partial charge in [-0.05, 0) is 12.7 Å². The number of nitrogens with one attached hydrogen (secondary N) is 1. The van der Waals surface area contributed by atoms with Crippen LogP contribution >= 0.6 is 11.8 Å². The van der Waals surface area contributed by atoms with Gasteiger partial charge in [-0.25, -0.2) is 0 Å². The second kappa shape index (κ2) is 16.7. The van der Waals surface area contributed by atoms with Gasteiger partial charge in [0.1, 0.15) is 0 Å². The summed E-state index contributed by atoms with van der Waals surface area (Å²) >= 11 is 1.73. The molecule has 0 saturated heterocycles. The molecule has 0 fully saturated rings. The van der Waals surface area contributed by atoms with Crippen LogP contribution in [0.4, 0.5) is 0 Å². The van der Waals surface area contributed by atoms with Crippen LogP contribution in [-0.4, -0.2) is 45.3 Å². The zero-order valence-corrected chi connectivity index (χ0v) is 11.3. The molecular weight excluding hydrogens is 226 g/mol. The van der Waals surface area contributed by atoms with Crippen LogP contribution in [0.15, 0.2) is 12.8 Å². The van der Waals surface area contributed by atoms with Gasteiger partial charge in [-0.15, -0.1) is 0 Å².